The number of hydrogen-bond donors (Lipinski definition) is 1. The molecule has 0 amide bonds. The SMILES string of the molecule is CCCCc1ncc(C(=O)O)n1Cc1ccccc1Cl. The molecule has 4 nitrogen and oxygen atoms in total. The van der Waals surface area contributed by atoms with Gasteiger partial charge in [-0.1, -0.05) is 43.1 Å². The van der Waals surface area contributed by atoms with E-state index in [0.29, 0.717) is 11.6 Å². The van der Waals surface area contributed by atoms with Crippen LogP contribution in [0.15, 0.2) is 30.5 Å². The molecule has 20 heavy (non-hydrogen) atoms. The van der Waals surface area contributed by atoms with E-state index in [0.717, 1.165) is 30.7 Å². The summed E-state index contributed by atoms with van der Waals surface area (Å²) in [5.41, 5.74) is 1.10. The molecule has 0 unspecified atom stereocenters. The van der Waals surface area contributed by atoms with Crippen molar-refractivity contribution in [2.45, 2.75) is 32.7 Å². The quantitative estimate of drug-likeness (QED) is 0.884. The van der Waals surface area contributed by atoms with E-state index in [1.165, 1.54) is 6.20 Å². The molecule has 0 fully saturated rings. The van der Waals surface area contributed by atoms with Crippen LogP contribution in [0.1, 0.15) is 41.6 Å². The van der Waals surface area contributed by atoms with Gasteiger partial charge in [-0.3, -0.25) is 0 Å². The third-order valence-corrected chi connectivity index (χ3v) is 3.57. The molecule has 2 rings (SSSR count). The molecular formula is C15H17ClN2O2. The molecule has 1 heterocycles. The topological polar surface area (TPSA) is 55.1 Å². The number of carboxylic acids is 1. The Labute approximate surface area is 123 Å². The molecule has 106 valence electrons. The highest BCUT2D eigenvalue weighted by Gasteiger charge is 2.16. The van der Waals surface area contributed by atoms with E-state index in [1.807, 2.05) is 18.2 Å². The largest absolute Gasteiger partial charge is 0.477 e. The lowest BCUT2D eigenvalue weighted by molar-refractivity contribution is 0.0685. The summed E-state index contributed by atoms with van der Waals surface area (Å²) in [5, 5.41) is 9.90. The van der Waals surface area contributed by atoms with Crippen LogP contribution in [0.4, 0.5) is 0 Å². The number of nitrogens with zero attached hydrogens (tertiary/aromatic N) is 2. The maximum atomic E-state index is 11.3. The van der Waals surface area contributed by atoms with Crippen LogP contribution in [0, 0.1) is 0 Å². The number of aryl methyl sites for hydroxylation is 1. The van der Waals surface area contributed by atoms with Gasteiger partial charge in [0, 0.05) is 11.4 Å². The van der Waals surface area contributed by atoms with Crippen LogP contribution in [0.25, 0.3) is 0 Å². The molecule has 0 radical (unpaired) electrons. The van der Waals surface area contributed by atoms with E-state index >= 15 is 0 Å². The summed E-state index contributed by atoms with van der Waals surface area (Å²) in [5.74, 6) is -0.170. The van der Waals surface area contributed by atoms with Crippen LogP contribution < -0.4 is 0 Å². The van der Waals surface area contributed by atoms with Crippen molar-refractivity contribution in [2.24, 2.45) is 0 Å². The molecule has 0 aliphatic heterocycles. The molecule has 1 aromatic heterocycles. The lowest BCUT2D eigenvalue weighted by Gasteiger charge is -2.11. The Kier molecular flexibility index (Phi) is 4.79. The normalized spacial score (nSPS) is 10.7. The highest BCUT2D eigenvalue weighted by atomic mass is 35.5. The van der Waals surface area contributed by atoms with Crippen molar-refractivity contribution >= 4 is 17.6 Å². The molecule has 0 spiro atoms. The first kappa shape index (κ1) is 14.6. The zero-order valence-electron chi connectivity index (χ0n) is 11.3. The summed E-state index contributed by atoms with van der Waals surface area (Å²) < 4.78 is 1.74. The number of imidazole rings is 1. The predicted octanol–water partition coefficient (Wildman–Crippen LogP) is 3.63. The van der Waals surface area contributed by atoms with Crippen LogP contribution >= 0.6 is 11.6 Å². The first-order chi connectivity index (χ1) is 9.63. The van der Waals surface area contributed by atoms with Gasteiger partial charge < -0.3 is 9.67 Å². The predicted molar refractivity (Wildman–Crippen MR) is 78.4 cm³/mol. The molecule has 0 bridgehead atoms. The zero-order chi connectivity index (χ0) is 14.5. The molecule has 0 saturated heterocycles. The summed E-state index contributed by atoms with van der Waals surface area (Å²) in [6.07, 6.45) is 4.22. The fourth-order valence-corrected chi connectivity index (χ4v) is 2.29. The number of hydrogen-bond acceptors (Lipinski definition) is 2. The minimum absolute atomic E-state index is 0.205. The highest BCUT2D eigenvalue weighted by molar-refractivity contribution is 6.31. The second-order valence-electron chi connectivity index (χ2n) is 4.65. The van der Waals surface area contributed by atoms with Gasteiger partial charge in [-0.25, -0.2) is 9.78 Å². The Hall–Kier alpha value is -1.81. The minimum Gasteiger partial charge on any atom is -0.477 e. The Morgan fingerprint density at radius 1 is 1.40 bits per heavy atom. The summed E-state index contributed by atoms with van der Waals surface area (Å²) in [4.78, 5) is 15.5. The van der Waals surface area contributed by atoms with E-state index < -0.39 is 5.97 Å². The molecular weight excluding hydrogens is 276 g/mol. The van der Waals surface area contributed by atoms with Crippen molar-refractivity contribution in [2.75, 3.05) is 0 Å². The summed E-state index contributed by atoms with van der Waals surface area (Å²) in [6.45, 7) is 2.53. The Morgan fingerprint density at radius 3 is 2.80 bits per heavy atom. The average Bonchev–Trinajstić information content (AvgIpc) is 2.82. The first-order valence-electron chi connectivity index (χ1n) is 6.64. The molecule has 0 saturated carbocycles. The maximum absolute atomic E-state index is 11.3. The standard InChI is InChI=1S/C15H17ClN2O2/c1-2-3-8-14-17-9-13(15(19)20)18(14)10-11-6-4-5-7-12(11)16/h4-7,9H,2-3,8,10H2,1H3,(H,19,20). The fourth-order valence-electron chi connectivity index (χ4n) is 2.09. The monoisotopic (exact) mass is 292 g/mol. The Balaban J connectivity index is 2.35. The third kappa shape index (κ3) is 3.20. The number of halogens is 1. The number of carbonyl (C=O) groups is 1. The van der Waals surface area contributed by atoms with E-state index in [4.69, 9.17) is 11.6 Å². The van der Waals surface area contributed by atoms with Gasteiger partial charge in [0.05, 0.1) is 12.7 Å². The van der Waals surface area contributed by atoms with Crippen LogP contribution in [-0.4, -0.2) is 20.6 Å². The molecule has 1 N–H and O–H groups in total. The maximum Gasteiger partial charge on any atom is 0.354 e. The van der Waals surface area contributed by atoms with Gasteiger partial charge in [0.2, 0.25) is 0 Å². The van der Waals surface area contributed by atoms with E-state index in [9.17, 15) is 9.90 Å². The van der Waals surface area contributed by atoms with Crippen molar-refractivity contribution in [1.29, 1.82) is 0 Å². The molecule has 1 aromatic carbocycles. The Morgan fingerprint density at radius 2 is 2.15 bits per heavy atom. The van der Waals surface area contributed by atoms with E-state index in [-0.39, 0.29) is 5.69 Å². The number of carboxylic acid groups (broad SMARTS) is 1. The zero-order valence-corrected chi connectivity index (χ0v) is 12.1. The first-order valence-corrected chi connectivity index (χ1v) is 7.02. The Bertz CT molecular complexity index is 608. The number of rotatable bonds is 6. The van der Waals surface area contributed by atoms with Gasteiger partial charge in [0.1, 0.15) is 11.5 Å². The molecule has 0 aliphatic rings. The second kappa shape index (κ2) is 6.57. The van der Waals surface area contributed by atoms with Crippen molar-refractivity contribution in [1.82, 2.24) is 9.55 Å². The van der Waals surface area contributed by atoms with Crippen LogP contribution in [0.5, 0.6) is 0 Å². The van der Waals surface area contributed by atoms with Crippen molar-refractivity contribution in [3.05, 3.63) is 52.6 Å². The minimum atomic E-state index is -0.965. The van der Waals surface area contributed by atoms with Crippen LogP contribution in [0.3, 0.4) is 0 Å². The second-order valence-corrected chi connectivity index (χ2v) is 5.05. The van der Waals surface area contributed by atoms with Gasteiger partial charge in [0.15, 0.2) is 0 Å². The summed E-state index contributed by atoms with van der Waals surface area (Å²) >= 11 is 6.15. The number of aromatic nitrogens is 2. The molecule has 0 atom stereocenters. The highest BCUT2D eigenvalue weighted by Crippen LogP contribution is 2.19. The molecule has 2 aromatic rings. The van der Waals surface area contributed by atoms with Gasteiger partial charge >= 0.3 is 5.97 Å². The van der Waals surface area contributed by atoms with E-state index in [2.05, 4.69) is 11.9 Å². The molecule has 5 heteroatoms. The van der Waals surface area contributed by atoms with Gasteiger partial charge in [-0.15, -0.1) is 0 Å². The summed E-state index contributed by atoms with van der Waals surface area (Å²) in [6, 6.07) is 7.46. The average molecular weight is 293 g/mol. The van der Waals surface area contributed by atoms with Gasteiger partial charge in [-0.2, -0.15) is 0 Å². The van der Waals surface area contributed by atoms with Crippen LogP contribution in [-0.2, 0) is 13.0 Å². The number of unbranched alkanes of at least 4 members (excludes halogenated alkanes) is 1. The van der Waals surface area contributed by atoms with E-state index in [1.54, 1.807) is 10.6 Å². The van der Waals surface area contributed by atoms with Crippen molar-refractivity contribution in [3.63, 3.8) is 0 Å². The van der Waals surface area contributed by atoms with Crippen molar-refractivity contribution in [3.8, 4) is 0 Å². The third-order valence-electron chi connectivity index (χ3n) is 3.20. The number of benzene rings is 1. The number of aromatic carboxylic acids is 1. The lowest BCUT2D eigenvalue weighted by Crippen LogP contribution is -2.13. The smallest absolute Gasteiger partial charge is 0.354 e. The van der Waals surface area contributed by atoms with Crippen molar-refractivity contribution < 1.29 is 9.90 Å². The van der Waals surface area contributed by atoms with Gasteiger partial charge in [-0.05, 0) is 18.1 Å². The summed E-state index contributed by atoms with van der Waals surface area (Å²) in [7, 11) is 0. The van der Waals surface area contributed by atoms with Crippen LogP contribution in [0.2, 0.25) is 5.02 Å². The molecule has 0 aliphatic carbocycles. The lowest BCUT2D eigenvalue weighted by atomic mass is 10.2. The fraction of sp³-hybridized carbons (Fsp3) is 0.333. The van der Waals surface area contributed by atoms with Gasteiger partial charge in [0.25, 0.3) is 0 Å².